The molecule has 1 aliphatic rings. The van der Waals surface area contributed by atoms with Crippen LogP contribution in [0.15, 0.2) is 30.3 Å². The molecule has 0 spiro atoms. The van der Waals surface area contributed by atoms with Gasteiger partial charge in [-0.3, -0.25) is 9.69 Å². The van der Waals surface area contributed by atoms with Crippen LogP contribution in [0.5, 0.6) is 0 Å². The van der Waals surface area contributed by atoms with Crippen molar-refractivity contribution < 1.29 is 9.59 Å². The van der Waals surface area contributed by atoms with Crippen molar-refractivity contribution in [3.8, 4) is 0 Å². The second kappa shape index (κ2) is 4.42. The van der Waals surface area contributed by atoms with Crippen LogP contribution in [0.3, 0.4) is 0 Å². The first-order valence-electron chi connectivity index (χ1n) is 5.87. The maximum Gasteiger partial charge on any atom is 0.327 e. The summed E-state index contributed by atoms with van der Waals surface area (Å²) >= 11 is 0. The Labute approximate surface area is 106 Å². The van der Waals surface area contributed by atoms with E-state index in [0.717, 1.165) is 10.5 Å². The van der Waals surface area contributed by atoms with Crippen molar-refractivity contribution in [2.75, 3.05) is 20.6 Å². The van der Waals surface area contributed by atoms with Crippen molar-refractivity contribution in [1.29, 1.82) is 0 Å². The summed E-state index contributed by atoms with van der Waals surface area (Å²) in [6.07, 6.45) is 0.419. The molecular formula is C13H17N3O2. The molecule has 5 nitrogen and oxygen atoms in total. The molecular weight excluding hydrogens is 230 g/mol. The molecule has 18 heavy (non-hydrogen) atoms. The number of urea groups is 1. The normalized spacial score (nSPS) is 23.9. The Morgan fingerprint density at radius 2 is 1.78 bits per heavy atom. The van der Waals surface area contributed by atoms with Gasteiger partial charge in [-0.05, 0) is 18.5 Å². The largest absolute Gasteiger partial charge is 0.330 e. The number of imide groups is 1. The number of hydrogen-bond donors (Lipinski definition) is 1. The molecule has 0 radical (unpaired) electrons. The minimum Gasteiger partial charge on any atom is -0.330 e. The van der Waals surface area contributed by atoms with Crippen LogP contribution < -0.4 is 5.73 Å². The van der Waals surface area contributed by atoms with Crippen molar-refractivity contribution in [3.05, 3.63) is 35.9 Å². The second-order valence-electron chi connectivity index (χ2n) is 4.47. The molecule has 0 saturated carbocycles. The number of likely N-dealkylation sites (N-methyl/N-ethyl adjacent to an activating group) is 2. The van der Waals surface area contributed by atoms with E-state index in [2.05, 4.69) is 0 Å². The van der Waals surface area contributed by atoms with Gasteiger partial charge < -0.3 is 10.6 Å². The minimum atomic E-state index is -0.957. The molecule has 2 N–H and O–H groups in total. The number of rotatable bonds is 3. The lowest BCUT2D eigenvalue weighted by molar-refractivity contribution is -0.132. The van der Waals surface area contributed by atoms with E-state index in [1.807, 2.05) is 30.3 Å². The highest BCUT2D eigenvalue weighted by Gasteiger charge is 2.54. The summed E-state index contributed by atoms with van der Waals surface area (Å²) in [5.74, 6) is -0.216. The number of nitrogens with two attached hydrogens (primary N) is 1. The van der Waals surface area contributed by atoms with Gasteiger partial charge >= 0.3 is 6.03 Å². The summed E-state index contributed by atoms with van der Waals surface area (Å²) in [5, 5.41) is 0. The molecule has 96 valence electrons. The zero-order chi connectivity index (χ0) is 13.3. The Hall–Kier alpha value is -1.88. The molecule has 1 aromatic carbocycles. The van der Waals surface area contributed by atoms with Gasteiger partial charge in [-0.1, -0.05) is 30.3 Å². The summed E-state index contributed by atoms with van der Waals surface area (Å²) in [5.41, 5.74) is 5.49. The van der Waals surface area contributed by atoms with Crippen LogP contribution in [0.2, 0.25) is 0 Å². The Morgan fingerprint density at radius 1 is 1.17 bits per heavy atom. The number of nitrogens with zero attached hydrogens (tertiary/aromatic N) is 2. The Balaban J connectivity index is 2.58. The molecule has 1 unspecified atom stereocenters. The van der Waals surface area contributed by atoms with E-state index in [1.54, 1.807) is 7.05 Å². The third kappa shape index (κ3) is 1.51. The van der Waals surface area contributed by atoms with E-state index in [9.17, 15) is 9.59 Å². The maximum absolute atomic E-state index is 12.4. The van der Waals surface area contributed by atoms with Gasteiger partial charge in [-0.25, -0.2) is 4.79 Å². The third-order valence-corrected chi connectivity index (χ3v) is 3.56. The second-order valence-corrected chi connectivity index (χ2v) is 4.47. The van der Waals surface area contributed by atoms with Crippen LogP contribution >= 0.6 is 0 Å². The molecule has 0 aliphatic carbocycles. The first-order chi connectivity index (χ1) is 8.55. The van der Waals surface area contributed by atoms with E-state index < -0.39 is 5.54 Å². The Kier molecular flexibility index (Phi) is 3.09. The van der Waals surface area contributed by atoms with Gasteiger partial charge in [0.05, 0.1) is 0 Å². The zero-order valence-corrected chi connectivity index (χ0v) is 10.6. The Bertz CT molecular complexity index is 474. The van der Waals surface area contributed by atoms with Crippen molar-refractivity contribution >= 4 is 11.9 Å². The van der Waals surface area contributed by atoms with Gasteiger partial charge in [0, 0.05) is 14.1 Å². The molecule has 1 atom stereocenters. The van der Waals surface area contributed by atoms with Crippen molar-refractivity contribution in [2.45, 2.75) is 12.0 Å². The number of hydrogen-bond acceptors (Lipinski definition) is 3. The van der Waals surface area contributed by atoms with Gasteiger partial charge in [-0.2, -0.15) is 0 Å². The highest BCUT2D eigenvalue weighted by atomic mass is 16.2. The van der Waals surface area contributed by atoms with Crippen LogP contribution in [-0.2, 0) is 10.3 Å². The van der Waals surface area contributed by atoms with Crippen LogP contribution in [0.25, 0.3) is 0 Å². The van der Waals surface area contributed by atoms with Crippen LogP contribution in [0.4, 0.5) is 4.79 Å². The van der Waals surface area contributed by atoms with Gasteiger partial charge in [0.1, 0.15) is 5.54 Å². The molecule has 0 aromatic heterocycles. The van der Waals surface area contributed by atoms with Crippen LogP contribution in [-0.4, -0.2) is 42.4 Å². The summed E-state index contributed by atoms with van der Waals surface area (Å²) in [6.45, 7) is 0.339. The molecule has 5 heteroatoms. The molecule has 3 amide bonds. The number of carbonyl (C=O) groups is 2. The first-order valence-corrected chi connectivity index (χ1v) is 5.87. The summed E-state index contributed by atoms with van der Waals surface area (Å²) in [4.78, 5) is 27.1. The monoisotopic (exact) mass is 247 g/mol. The molecule has 2 rings (SSSR count). The van der Waals surface area contributed by atoms with Crippen molar-refractivity contribution in [1.82, 2.24) is 9.80 Å². The van der Waals surface area contributed by atoms with Crippen LogP contribution in [0, 0.1) is 0 Å². The van der Waals surface area contributed by atoms with E-state index in [4.69, 9.17) is 5.73 Å². The Morgan fingerprint density at radius 3 is 2.22 bits per heavy atom. The zero-order valence-electron chi connectivity index (χ0n) is 10.6. The molecule has 0 bridgehead atoms. The topological polar surface area (TPSA) is 66.6 Å². The molecule has 1 saturated heterocycles. The first kappa shape index (κ1) is 12.6. The van der Waals surface area contributed by atoms with Gasteiger partial charge in [-0.15, -0.1) is 0 Å². The number of carbonyl (C=O) groups excluding carboxylic acids is 2. The van der Waals surface area contributed by atoms with E-state index in [-0.39, 0.29) is 11.9 Å². The summed E-state index contributed by atoms with van der Waals surface area (Å²) in [7, 11) is 3.15. The molecule has 1 aromatic rings. The highest BCUT2D eigenvalue weighted by Crippen LogP contribution is 2.38. The molecule has 1 fully saturated rings. The third-order valence-electron chi connectivity index (χ3n) is 3.56. The fraction of sp³-hybridized carbons (Fsp3) is 0.385. The smallest absolute Gasteiger partial charge is 0.327 e. The summed E-state index contributed by atoms with van der Waals surface area (Å²) < 4.78 is 0. The van der Waals surface area contributed by atoms with Gasteiger partial charge in [0.25, 0.3) is 5.91 Å². The predicted octanol–water partition coefficient (Wildman–Crippen LogP) is 0.754. The molecule has 1 heterocycles. The fourth-order valence-corrected chi connectivity index (χ4v) is 2.55. The lowest BCUT2D eigenvalue weighted by Gasteiger charge is -2.32. The maximum atomic E-state index is 12.4. The predicted molar refractivity (Wildman–Crippen MR) is 67.7 cm³/mol. The SMILES string of the molecule is CN1C(=O)N(C)C(CCN)(c2ccccc2)C1=O. The van der Waals surface area contributed by atoms with Crippen molar-refractivity contribution in [2.24, 2.45) is 5.73 Å². The summed E-state index contributed by atoms with van der Waals surface area (Å²) in [6, 6.07) is 9.02. The average molecular weight is 247 g/mol. The van der Waals surface area contributed by atoms with Crippen molar-refractivity contribution in [3.63, 3.8) is 0 Å². The number of benzene rings is 1. The van der Waals surface area contributed by atoms with Crippen LogP contribution in [0.1, 0.15) is 12.0 Å². The van der Waals surface area contributed by atoms with Gasteiger partial charge in [0.2, 0.25) is 0 Å². The number of amides is 3. The quantitative estimate of drug-likeness (QED) is 0.802. The van der Waals surface area contributed by atoms with E-state index in [0.29, 0.717) is 13.0 Å². The fourth-order valence-electron chi connectivity index (χ4n) is 2.55. The standard InChI is InChI=1S/C13H17N3O2/c1-15-11(17)13(8-9-14,16(2)12(15)18)10-6-4-3-5-7-10/h3-7H,8-9,14H2,1-2H3. The highest BCUT2D eigenvalue weighted by molar-refractivity contribution is 6.07. The lowest BCUT2D eigenvalue weighted by Crippen LogP contribution is -2.46. The lowest BCUT2D eigenvalue weighted by atomic mass is 9.85. The van der Waals surface area contributed by atoms with Gasteiger partial charge in [0.15, 0.2) is 0 Å². The minimum absolute atomic E-state index is 0.216. The van der Waals surface area contributed by atoms with E-state index >= 15 is 0 Å². The average Bonchev–Trinajstić information content (AvgIpc) is 2.56. The molecule has 1 aliphatic heterocycles. The van der Waals surface area contributed by atoms with E-state index in [1.165, 1.54) is 11.9 Å².